The molecule has 4 rings (SSSR count). The van der Waals surface area contributed by atoms with Gasteiger partial charge in [0.05, 0.1) is 19.0 Å². The summed E-state index contributed by atoms with van der Waals surface area (Å²) < 4.78 is 5.31. The number of amides is 1. The number of hydrogen-bond donors (Lipinski definition) is 1. The topological polar surface area (TPSA) is 80.2 Å². The van der Waals surface area contributed by atoms with Crippen molar-refractivity contribution in [2.75, 3.05) is 25.5 Å². The van der Waals surface area contributed by atoms with Crippen molar-refractivity contribution >= 4 is 17.3 Å². The summed E-state index contributed by atoms with van der Waals surface area (Å²) >= 11 is 0. The predicted molar refractivity (Wildman–Crippen MR) is 120 cm³/mol. The fourth-order valence-corrected chi connectivity index (χ4v) is 3.91. The van der Waals surface area contributed by atoms with Gasteiger partial charge in [-0.3, -0.25) is 14.8 Å². The molecule has 0 spiro atoms. The lowest BCUT2D eigenvalue weighted by Crippen LogP contribution is -2.39. The summed E-state index contributed by atoms with van der Waals surface area (Å²) in [4.78, 5) is 28.0. The number of anilines is 2. The van der Waals surface area contributed by atoms with Gasteiger partial charge in [-0.2, -0.15) is 0 Å². The molecule has 1 unspecified atom stereocenters. The monoisotopic (exact) mass is 417 g/mol. The molecule has 1 fully saturated rings. The molecule has 3 aromatic rings. The third kappa shape index (κ3) is 4.99. The van der Waals surface area contributed by atoms with Crippen molar-refractivity contribution in [3.05, 3.63) is 71.6 Å². The van der Waals surface area contributed by atoms with Crippen molar-refractivity contribution in [2.24, 2.45) is 0 Å². The van der Waals surface area contributed by atoms with Crippen molar-refractivity contribution < 1.29 is 9.53 Å². The molecular weight excluding hydrogens is 390 g/mol. The highest BCUT2D eigenvalue weighted by Gasteiger charge is 2.27. The second kappa shape index (κ2) is 9.12. The number of methoxy groups -OCH3 is 1. The number of piperidine rings is 1. The highest BCUT2D eigenvalue weighted by Crippen LogP contribution is 2.30. The van der Waals surface area contributed by atoms with E-state index in [1.807, 2.05) is 49.1 Å². The lowest BCUT2D eigenvalue weighted by molar-refractivity contribution is 0.0699. The van der Waals surface area contributed by atoms with E-state index in [4.69, 9.17) is 9.72 Å². The van der Waals surface area contributed by atoms with Crippen LogP contribution in [0.25, 0.3) is 0 Å². The molecule has 1 aromatic carbocycles. The van der Waals surface area contributed by atoms with Crippen LogP contribution in [0.1, 0.15) is 46.3 Å². The van der Waals surface area contributed by atoms with E-state index in [1.54, 1.807) is 19.5 Å². The second-order valence-corrected chi connectivity index (χ2v) is 7.91. The Hall–Kier alpha value is -3.48. The number of rotatable bonds is 5. The van der Waals surface area contributed by atoms with Gasteiger partial charge in [0.25, 0.3) is 5.91 Å². The predicted octanol–water partition coefficient (Wildman–Crippen LogP) is 4.26. The Kier molecular flexibility index (Phi) is 6.11. The maximum atomic E-state index is 12.9. The summed E-state index contributed by atoms with van der Waals surface area (Å²) in [6.07, 6.45) is 5.12. The third-order valence-corrected chi connectivity index (χ3v) is 5.46. The average Bonchev–Trinajstić information content (AvgIpc) is 2.79. The number of aryl methyl sites for hydroxylation is 2. The molecule has 160 valence electrons. The molecule has 1 saturated heterocycles. The molecule has 7 heteroatoms. The molecule has 1 N–H and O–H groups in total. The maximum Gasteiger partial charge on any atom is 0.274 e. The van der Waals surface area contributed by atoms with Gasteiger partial charge in [0.15, 0.2) is 0 Å². The molecule has 0 aliphatic carbocycles. The van der Waals surface area contributed by atoms with E-state index in [1.165, 1.54) is 0 Å². The van der Waals surface area contributed by atoms with E-state index in [2.05, 4.69) is 21.4 Å². The molecule has 0 saturated carbocycles. The van der Waals surface area contributed by atoms with E-state index in [0.29, 0.717) is 12.2 Å². The van der Waals surface area contributed by atoms with Crippen LogP contribution in [-0.2, 0) is 0 Å². The number of aromatic nitrogens is 3. The van der Waals surface area contributed by atoms with E-state index in [-0.39, 0.29) is 11.8 Å². The van der Waals surface area contributed by atoms with Gasteiger partial charge in [0, 0.05) is 54.0 Å². The van der Waals surface area contributed by atoms with Crippen LogP contribution in [0.5, 0.6) is 5.75 Å². The van der Waals surface area contributed by atoms with Crippen LogP contribution in [0.15, 0.2) is 48.8 Å². The average molecular weight is 418 g/mol. The minimum absolute atomic E-state index is 0.0698. The number of hydrogen-bond acceptors (Lipinski definition) is 6. The van der Waals surface area contributed by atoms with Gasteiger partial charge in [0.1, 0.15) is 11.4 Å². The van der Waals surface area contributed by atoms with Crippen LogP contribution >= 0.6 is 0 Å². The molecule has 1 aliphatic rings. The maximum absolute atomic E-state index is 12.9. The van der Waals surface area contributed by atoms with E-state index in [0.717, 1.165) is 53.6 Å². The van der Waals surface area contributed by atoms with Gasteiger partial charge in [-0.05, 0) is 51.0 Å². The Balaban J connectivity index is 1.51. The Morgan fingerprint density at radius 3 is 2.74 bits per heavy atom. The van der Waals surface area contributed by atoms with Crippen molar-refractivity contribution in [1.29, 1.82) is 0 Å². The Morgan fingerprint density at radius 1 is 1.10 bits per heavy atom. The first kappa shape index (κ1) is 20.8. The van der Waals surface area contributed by atoms with Crippen LogP contribution in [0.4, 0.5) is 11.4 Å². The summed E-state index contributed by atoms with van der Waals surface area (Å²) in [6.45, 7) is 5.21. The molecule has 3 heterocycles. The minimum atomic E-state index is -0.0698. The fraction of sp³-hybridized carbons (Fsp3) is 0.333. The van der Waals surface area contributed by atoms with Gasteiger partial charge in [-0.1, -0.05) is 6.07 Å². The van der Waals surface area contributed by atoms with E-state index >= 15 is 0 Å². The van der Waals surface area contributed by atoms with Gasteiger partial charge < -0.3 is 15.0 Å². The fourth-order valence-electron chi connectivity index (χ4n) is 3.91. The van der Waals surface area contributed by atoms with Crippen LogP contribution in [-0.4, -0.2) is 46.0 Å². The normalized spacial score (nSPS) is 16.1. The Labute approximate surface area is 182 Å². The van der Waals surface area contributed by atoms with Crippen LogP contribution in [0.2, 0.25) is 0 Å². The number of carbonyl (C=O) groups excluding carboxylic acids is 1. The van der Waals surface area contributed by atoms with E-state index < -0.39 is 0 Å². The van der Waals surface area contributed by atoms with Crippen LogP contribution in [0, 0.1) is 13.8 Å². The molecule has 1 aliphatic heterocycles. The first-order valence-corrected chi connectivity index (χ1v) is 10.5. The lowest BCUT2D eigenvalue weighted by atomic mass is 9.93. The standard InChI is InChI=1S/C24H27N5O2/c1-16-10-20(28-19-7-4-8-21(11-19)31-3)12-22(27-16)18-6-5-9-29(15-18)24(30)23-14-25-17(2)13-26-23/h4,7-8,10-14,18H,5-6,9,15H2,1-3H3,(H,27,28). The number of carbonyl (C=O) groups is 1. The van der Waals surface area contributed by atoms with Crippen molar-refractivity contribution in [1.82, 2.24) is 19.9 Å². The van der Waals surface area contributed by atoms with Crippen molar-refractivity contribution in [3.63, 3.8) is 0 Å². The molecule has 31 heavy (non-hydrogen) atoms. The zero-order valence-corrected chi connectivity index (χ0v) is 18.1. The van der Waals surface area contributed by atoms with Crippen LogP contribution in [0.3, 0.4) is 0 Å². The smallest absolute Gasteiger partial charge is 0.274 e. The quantitative estimate of drug-likeness (QED) is 0.668. The van der Waals surface area contributed by atoms with Gasteiger partial charge in [-0.25, -0.2) is 4.98 Å². The summed E-state index contributed by atoms with van der Waals surface area (Å²) in [5, 5.41) is 3.45. The highest BCUT2D eigenvalue weighted by atomic mass is 16.5. The summed E-state index contributed by atoms with van der Waals surface area (Å²) in [6, 6.07) is 11.9. The first-order valence-electron chi connectivity index (χ1n) is 10.5. The second-order valence-electron chi connectivity index (χ2n) is 7.91. The van der Waals surface area contributed by atoms with Crippen LogP contribution < -0.4 is 10.1 Å². The zero-order chi connectivity index (χ0) is 21.8. The van der Waals surface area contributed by atoms with Crippen molar-refractivity contribution in [2.45, 2.75) is 32.6 Å². The summed E-state index contributed by atoms with van der Waals surface area (Å²) in [5.74, 6) is 0.915. The molecule has 7 nitrogen and oxygen atoms in total. The number of ether oxygens (including phenoxy) is 1. The zero-order valence-electron chi connectivity index (χ0n) is 18.1. The number of nitrogens with zero attached hydrogens (tertiary/aromatic N) is 4. The Morgan fingerprint density at radius 2 is 1.97 bits per heavy atom. The number of benzene rings is 1. The van der Waals surface area contributed by atoms with Gasteiger partial charge in [0.2, 0.25) is 0 Å². The summed E-state index contributed by atoms with van der Waals surface area (Å²) in [7, 11) is 1.66. The third-order valence-electron chi connectivity index (χ3n) is 5.46. The molecule has 1 amide bonds. The largest absolute Gasteiger partial charge is 0.497 e. The molecule has 0 radical (unpaired) electrons. The van der Waals surface area contributed by atoms with Crippen molar-refractivity contribution in [3.8, 4) is 5.75 Å². The summed E-state index contributed by atoms with van der Waals surface area (Å²) in [5.41, 5.74) is 5.06. The first-order chi connectivity index (χ1) is 15.0. The van der Waals surface area contributed by atoms with Gasteiger partial charge >= 0.3 is 0 Å². The number of likely N-dealkylation sites (tertiary alicyclic amines) is 1. The Bertz CT molecular complexity index is 1070. The number of nitrogens with one attached hydrogen (secondary N) is 1. The SMILES string of the molecule is COc1cccc(Nc2cc(C)nc(C3CCCN(C(=O)c4cnc(C)cn4)C3)c2)c1. The highest BCUT2D eigenvalue weighted by molar-refractivity contribution is 5.92. The molecule has 0 bridgehead atoms. The number of pyridine rings is 1. The lowest BCUT2D eigenvalue weighted by Gasteiger charge is -2.32. The molecule has 2 aromatic heterocycles. The molecule has 1 atom stereocenters. The van der Waals surface area contributed by atoms with Gasteiger partial charge in [-0.15, -0.1) is 0 Å². The molecular formula is C24H27N5O2. The van der Waals surface area contributed by atoms with E-state index in [9.17, 15) is 4.79 Å². The minimum Gasteiger partial charge on any atom is -0.497 e.